The number of thioether (sulfide) groups is 12. The van der Waals surface area contributed by atoms with Crippen LogP contribution in [0, 0.1) is 0 Å². The van der Waals surface area contributed by atoms with Crippen molar-refractivity contribution < 1.29 is 0 Å². The van der Waals surface area contributed by atoms with E-state index in [-0.39, 0.29) is 0 Å². The molecule has 0 aliphatic carbocycles. The van der Waals surface area contributed by atoms with Crippen LogP contribution in [0.25, 0.3) is 0 Å². The molecule has 0 atom stereocenters. The van der Waals surface area contributed by atoms with Crippen molar-refractivity contribution in [1.29, 1.82) is 0 Å². The Bertz CT molecular complexity index is 944. The molecule has 6 aliphatic rings. The van der Waals surface area contributed by atoms with E-state index in [1.807, 2.05) is 141 Å². The minimum absolute atomic E-state index is 1.38. The van der Waals surface area contributed by atoms with Gasteiger partial charge in [-0.25, -0.2) is 0 Å². The first-order valence-electron chi connectivity index (χ1n) is 8.26. The van der Waals surface area contributed by atoms with E-state index in [4.69, 9.17) is 0 Å². The van der Waals surface area contributed by atoms with E-state index >= 15 is 0 Å². The summed E-state index contributed by atoms with van der Waals surface area (Å²) in [4.78, 5) is 0. The monoisotopic (exact) mass is 608 g/mol. The Labute approximate surface area is 226 Å². The lowest BCUT2D eigenvalue weighted by molar-refractivity contribution is 2.04. The first-order chi connectivity index (χ1) is 14.8. The molecule has 0 aromatic heterocycles. The maximum atomic E-state index is 2.29. The van der Waals surface area contributed by atoms with Gasteiger partial charge in [-0.15, -0.1) is 0 Å². The lowest BCUT2D eigenvalue weighted by Crippen LogP contribution is -1.68. The zero-order chi connectivity index (χ0) is 19.9. The molecule has 0 bridgehead atoms. The lowest BCUT2D eigenvalue weighted by Gasteiger charge is -2.02. The summed E-state index contributed by atoms with van der Waals surface area (Å²) in [6, 6.07) is 0. The SMILES string of the molecule is C1=CSC2=C(S1)SC(=CC=C1SC3=C(S1)SC(=CC=C1SC4=C(SC=CS4)S1)S3)S2. The molecule has 0 spiro atoms. The molecular weight excluding hydrogens is 601 g/mol. The fraction of sp³-hybridized carbons (Fsp3) is 0. The highest BCUT2D eigenvalue weighted by molar-refractivity contribution is 8.48. The van der Waals surface area contributed by atoms with Crippen molar-refractivity contribution in [1.82, 2.24) is 0 Å². The second-order valence-electron chi connectivity index (χ2n) is 5.50. The Morgan fingerprint density at radius 3 is 0.833 bits per heavy atom. The van der Waals surface area contributed by atoms with Crippen molar-refractivity contribution in [3.63, 3.8) is 0 Å². The van der Waals surface area contributed by atoms with Crippen molar-refractivity contribution in [2.24, 2.45) is 0 Å². The van der Waals surface area contributed by atoms with Gasteiger partial charge >= 0.3 is 0 Å². The third-order valence-electron chi connectivity index (χ3n) is 3.57. The van der Waals surface area contributed by atoms with E-state index in [1.54, 1.807) is 0 Å². The van der Waals surface area contributed by atoms with Gasteiger partial charge in [-0.3, -0.25) is 0 Å². The van der Waals surface area contributed by atoms with Crippen LogP contribution in [-0.4, -0.2) is 0 Å². The molecule has 0 saturated heterocycles. The average Bonchev–Trinajstić information content (AvgIpc) is 3.51. The largest absolute Gasteiger partial charge is 0.0884 e. The number of rotatable bonds is 2. The molecule has 6 aliphatic heterocycles. The van der Waals surface area contributed by atoms with E-state index < -0.39 is 0 Å². The maximum Gasteiger partial charge on any atom is 0.0716 e. The molecule has 0 aromatic carbocycles. The van der Waals surface area contributed by atoms with Gasteiger partial charge in [0.2, 0.25) is 0 Å². The van der Waals surface area contributed by atoms with E-state index in [2.05, 4.69) is 45.9 Å². The zero-order valence-electron chi connectivity index (χ0n) is 14.5. The first-order valence-corrected chi connectivity index (χ1v) is 18.3. The van der Waals surface area contributed by atoms with Crippen LogP contribution in [0.2, 0.25) is 0 Å². The van der Waals surface area contributed by atoms with Gasteiger partial charge in [0.25, 0.3) is 0 Å². The highest BCUT2D eigenvalue weighted by Gasteiger charge is 2.30. The summed E-state index contributed by atoms with van der Waals surface area (Å²) >= 11 is 22.7. The van der Waals surface area contributed by atoms with Crippen molar-refractivity contribution in [3.8, 4) is 0 Å². The van der Waals surface area contributed by atoms with Crippen LogP contribution in [0.1, 0.15) is 0 Å². The summed E-state index contributed by atoms with van der Waals surface area (Å²) < 4.78 is 14.1. The van der Waals surface area contributed by atoms with Crippen LogP contribution in [0.15, 0.2) is 88.3 Å². The van der Waals surface area contributed by atoms with Gasteiger partial charge in [-0.05, 0) is 45.9 Å². The third kappa shape index (κ3) is 5.10. The molecule has 0 fully saturated rings. The predicted octanol–water partition coefficient (Wildman–Crippen LogP) is 11.6. The molecule has 0 radical (unpaired) electrons. The fourth-order valence-corrected chi connectivity index (χ4v) is 18.4. The molecular formula is C18H8S12. The fourth-order valence-electron chi connectivity index (χ4n) is 2.38. The van der Waals surface area contributed by atoms with E-state index in [0.29, 0.717) is 0 Å². The van der Waals surface area contributed by atoms with E-state index in [9.17, 15) is 0 Å². The molecule has 0 amide bonds. The summed E-state index contributed by atoms with van der Waals surface area (Å²) in [5.41, 5.74) is 0. The van der Waals surface area contributed by atoms with Gasteiger partial charge in [0.1, 0.15) is 0 Å². The van der Waals surface area contributed by atoms with Crippen LogP contribution in [-0.2, 0) is 0 Å². The maximum absolute atomic E-state index is 2.29. The van der Waals surface area contributed by atoms with Gasteiger partial charge in [-0.1, -0.05) is 141 Å². The van der Waals surface area contributed by atoms with Crippen molar-refractivity contribution in [2.75, 3.05) is 0 Å². The third-order valence-corrected chi connectivity index (χ3v) is 19.2. The standard InChI is InChI=1S/C18H8S12/c1(9-23-13-14(24-9)20-6-5-19-13)3-11-27-17-18(28-11)30-12(29-17)4-2-10-25-15-16(26-10)22-8-7-21-15/h1-8H. The first kappa shape index (κ1) is 22.3. The summed E-state index contributed by atoms with van der Waals surface area (Å²) in [5, 5.41) is 8.70. The highest BCUT2D eigenvalue weighted by Crippen LogP contribution is 2.67. The van der Waals surface area contributed by atoms with Gasteiger partial charge < -0.3 is 0 Å². The topological polar surface area (TPSA) is 0 Å². The minimum Gasteiger partial charge on any atom is -0.0884 e. The summed E-state index contributed by atoms with van der Waals surface area (Å²) in [5.74, 6) is 0. The van der Waals surface area contributed by atoms with Crippen LogP contribution in [0.5, 0.6) is 0 Å². The van der Waals surface area contributed by atoms with Crippen molar-refractivity contribution in [3.05, 3.63) is 88.3 Å². The summed E-state index contributed by atoms with van der Waals surface area (Å²) in [7, 11) is 0. The van der Waals surface area contributed by atoms with Crippen molar-refractivity contribution in [2.45, 2.75) is 0 Å². The molecule has 0 aromatic rings. The zero-order valence-corrected chi connectivity index (χ0v) is 24.3. The summed E-state index contributed by atoms with van der Waals surface area (Å²) in [6.07, 6.45) is 9.16. The molecule has 12 heteroatoms. The lowest BCUT2D eigenvalue weighted by atomic mass is 10.6. The molecule has 152 valence electrons. The van der Waals surface area contributed by atoms with E-state index in [1.165, 1.54) is 42.4 Å². The summed E-state index contributed by atoms with van der Waals surface area (Å²) in [6.45, 7) is 0. The Morgan fingerprint density at radius 1 is 0.333 bits per heavy atom. The van der Waals surface area contributed by atoms with Crippen LogP contribution in [0.4, 0.5) is 0 Å². The smallest absolute Gasteiger partial charge is 0.0716 e. The normalized spacial score (nSPS) is 24.8. The Kier molecular flexibility index (Phi) is 7.62. The molecule has 6 heterocycles. The second-order valence-corrected chi connectivity index (χ2v) is 20.2. The Hall–Kier alpha value is 1.86. The highest BCUT2D eigenvalue weighted by atomic mass is 32.3. The molecule has 0 saturated carbocycles. The molecule has 30 heavy (non-hydrogen) atoms. The second kappa shape index (κ2) is 10.2. The van der Waals surface area contributed by atoms with Crippen LogP contribution < -0.4 is 0 Å². The van der Waals surface area contributed by atoms with E-state index in [0.717, 1.165) is 0 Å². The van der Waals surface area contributed by atoms with Gasteiger partial charge in [-0.2, -0.15) is 0 Å². The van der Waals surface area contributed by atoms with Crippen molar-refractivity contribution >= 4 is 141 Å². The Morgan fingerprint density at radius 2 is 0.567 bits per heavy atom. The number of allylic oxidation sites excluding steroid dienone is 4. The molecule has 6 rings (SSSR count). The average molecular weight is 609 g/mol. The quantitative estimate of drug-likeness (QED) is 0.293. The van der Waals surface area contributed by atoms with Crippen LogP contribution in [0.3, 0.4) is 0 Å². The molecule has 0 unspecified atom stereocenters. The van der Waals surface area contributed by atoms with Gasteiger partial charge in [0, 0.05) is 0 Å². The predicted molar refractivity (Wildman–Crippen MR) is 163 cm³/mol. The molecule has 0 nitrogen and oxygen atoms in total. The molecule has 0 N–H and O–H groups in total. The number of hydrogen-bond acceptors (Lipinski definition) is 12. The minimum atomic E-state index is 1.38. The Balaban J connectivity index is 1.03. The van der Waals surface area contributed by atoms with Crippen LogP contribution >= 0.6 is 141 Å². The van der Waals surface area contributed by atoms with Gasteiger partial charge in [0.05, 0.1) is 42.4 Å². The van der Waals surface area contributed by atoms with Gasteiger partial charge in [0.15, 0.2) is 0 Å². The number of hydrogen-bond donors (Lipinski definition) is 0.